The zero-order chi connectivity index (χ0) is 22.4. The summed E-state index contributed by atoms with van der Waals surface area (Å²) in [6.07, 6.45) is 1.77. The van der Waals surface area contributed by atoms with Gasteiger partial charge in [0.1, 0.15) is 11.6 Å². The molecular formula is C25H32N4O2. The Morgan fingerprint density at radius 2 is 1.84 bits per heavy atom. The number of piperidine rings is 1. The Hall–Kier alpha value is -2.86. The van der Waals surface area contributed by atoms with E-state index in [9.17, 15) is 4.79 Å². The summed E-state index contributed by atoms with van der Waals surface area (Å²) < 4.78 is 5.62. The van der Waals surface area contributed by atoms with Crippen molar-refractivity contribution in [1.29, 1.82) is 0 Å². The standard InChI is InChI=1S/C25H32N4O2/c1-15-8-7-9-19-21(15)28-22(27-19)18-11-10-16(12-20(18)31-6)23(30)26-17-13-24(2,3)29-25(4,5)14-17/h7-12,17,29H,13-14H2,1-6H3,(H,26,30)(H,27,28). The Balaban J connectivity index is 1.59. The van der Waals surface area contributed by atoms with E-state index in [1.165, 1.54) is 0 Å². The van der Waals surface area contributed by atoms with Crippen LogP contribution >= 0.6 is 0 Å². The SMILES string of the molecule is COc1cc(C(=O)NC2CC(C)(C)NC(C)(C)C2)ccc1-c1nc2c(C)cccc2[nH]1. The molecule has 2 aromatic carbocycles. The first-order valence-corrected chi connectivity index (χ1v) is 10.8. The number of aromatic nitrogens is 2. The van der Waals surface area contributed by atoms with E-state index in [0.29, 0.717) is 11.3 Å². The lowest BCUT2D eigenvalue weighted by Crippen LogP contribution is -2.62. The second-order valence-electron chi connectivity index (χ2n) is 9.94. The molecule has 0 bridgehead atoms. The fraction of sp³-hybridized carbons (Fsp3) is 0.440. The van der Waals surface area contributed by atoms with Crippen LogP contribution < -0.4 is 15.4 Å². The van der Waals surface area contributed by atoms with Crippen molar-refractivity contribution in [2.45, 2.75) is 64.6 Å². The van der Waals surface area contributed by atoms with Crippen molar-refractivity contribution in [3.05, 3.63) is 47.5 Å². The number of imidazole rings is 1. The summed E-state index contributed by atoms with van der Waals surface area (Å²) in [7, 11) is 1.62. The Kier molecular flexibility index (Phi) is 5.30. The molecule has 31 heavy (non-hydrogen) atoms. The molecule has 0 saturated carbocycles. The molecule has 0 unspecified atom stereocenters. The summed E-state index contributed by atoms with van der Waals surface area (Å²) >= 11 is 0. The number of para-hydroxylation sites is 1. The molecule has 1 aliphatic rings. The molecule has 0 radical (unpaired) electrons. The minimum atomic E-state index is -0.0798. The van der Waals surface area contributed by atoms with Crippen molar-refractivity contribution in [3.8, 4) is 17.1 Å². The molecule has 6 heteroatoms. The van der Waals surface area contributed by atoms with Crippen molar-refractivity contribution >= 4 is 16.9 Å². The molecule has 4 rings (SSSR count). The number of carbonyl (C=O) groups excluding carboxylic acids is 1. The molecule has 164 valence electrons. The van der Waals surface area contributed by atoms with Gasteiger partial charge in [0.2, 0.25) is 0 Å². The Morgan fingerprint density at radius 3 is 2.48 bits per heavy atom. The number of aromatic amines is 1. The van der Waals surface area contributed by atoms with Gasteiger partial charge in [-0.2, -0.15) is 0 Å². The van der Waals surface area contributed by atoms with Crippen LogP contribution in [0.1, 0.15) is 56.5 Å². The normalized spacial score (nSPS) is 18.1. The van der Waals surface area contributed by atoms with Gasteiger partial charge in [-0.1, -0.05) is 12.1 Å². The molecule has 0 spiro atoms. The number of nitrogens with zero attached hydrogens (tertiary/aromatic N) is 1. The summed E-state index contributed by atoms with van der Waals surface area (Å²) in [5.74, 6) is 1.27. The van der Waals surface area contributed by atoms with E-state index < -0.39 is 0 Å². The summed E-state index contributed by atoms with van der Waals surface area (Å²) in [5, 5.41) is 6.88. The number of hydrogen-bond donors (Lipinski definition) is 3. The van der Waals surface area contributed by atoms with Gasteiger partial charge in [-0.25, -0.2) is 4.98 Å². The summed E-state index contributed by atoms with van der Waals surface area (Å²) in [5.41, 5.74) is 4.40. The topological polar surface area (TPSA) is 79.0 Å². The third-order valence-electron chi connectivity index (χ3n) is 5.96. The first-order chi connectivity index (χ1) is 14.6. The monoisotopic (exact) mass is 420 g/mol. The number of benzene rings is 2. The van der Waals surface area contributed by atoms with Crippen LogP contribution in [0.5, 0.6) is 5.75 Å². The molecule has 1 aliphatic heterocycles. The fourth-order valence-electron chi connectivity index (χ4n) is 5.02. The van der Waals surface area contributed by atoms with Crippen molar-refractivity contribution in [1.82, 2.24) is 20.6 Å². The third-order valence-corrected chi connectivity index (χ3v) is 5.96. The number of amides is 1. The largest absolute Gasteiger partial charge is 0.496 e. The van der Waals surface area contributed by atoms with Gasteiger partial charge < -0.3 is 20.4 Å². The zero-order valence-corrected chi connectivity index (χ0v) is 19.2. The number of methoxy groups -OCH3 is 1. The Bertz CT molecular complexity index is 1110. The number of ether oxygens (including phenoxy) is 1. The van der Waals surface area contributed by atoms with E-state index in [0.717, 1.165) is 40.8 Å². The second kappa shape index (κ2) is 7.68. The number of fused-ring (bicyclic) bond motifs is 1. The Morgan fingerprint density at radius 1 is 1.13 bits per heavy atom. The predicted molar refractivity (Wildman–Crippen MR) is 125 cm³/mol. The smallest absolute Gasteiger partial charge is 0.251 e. The number of hydrogen-bond acceptors (Lipinski definition) is 4. The van der Waals surface area contributed by atoms with Crippen LogP contribution in [0.15, 0.2) is 36.4 Å². The molecule has 0 aliphatic carbocycles. The predicted octanol–water partition coefficient (Wildman–Crippen LogP) is 4.59. The maximum Gasteiger partial charge on any atom is 0.251 e. The first kappa shape index (κ1) is 21.4. The number of aryl methyl sites for hydroxylation is 1. The van der Waals surface area contributed by atoms with E-state index >= 15 is 0 Å². The quantitative estimate of drug-likeness (QED) is 0.577. The highest BCUT2D eigenvalue weighted by atomic mass is 16.5. The molecule has 1 fully saturated rings. The lowest BCUT2D eigenvalue weighted by molar-refractivity contribution is 0.0873. The highest BCUT2D eigenvalue weighted by Crippen LogP contribution is 2.32. The lowest BCUT2D eigenvalue weighted by atomic mass is 9.79. The van der Waals surface area contributed by atoms with Crippen molar-refractivity contribution < 1.29 is 9.53 Å². The van der Waals surface area contributed by atoms with Crippen molar-refractivity contribution in [2.75, 3.05) is 7.11 Å². The third kappa shape index (κ3) is 4.44. The number of nitrogens with one attached hydrogen (secondary N) is 3. The molecule has 2 heterocycles. The molecule has 1 saturated heterocycles. The minimum absolute atomic E-state index is 0.0271. The van der Waals surface area contributed by atoms with E-state index in [1.54, 1.807) is 13.2 Å². The summed E-state index contributed by atoms with van der Waals surface area (Å²) in [4.78, 5) is 21.1. The van der Waals surface area contributed by atoms with Gasteiger partial charge in [0.05, 0.1) is 23.7 Å². The first-order valence-electron chi connectivity index (χ1n) is 10.8. The van der Waals surface area contributed by atoms with Crippen molar-refractivity contribution in [2.24, 2.45) is 0 Å². The maximum absolute atomic E-state index is 13.0. The molecule has 1 amide bonds. The van der Waals surface area contributed by atoms with Gasteiger partial charge in [0, 0.05) is 22.7 Å². The minimum Gasteiger partial charge on any atom is -0.496 e. The van der Waals surface area contributed by atoms with Gasteiger partial charge in [0.25, 0.3) is 5.91 Å². The van der Waals surface area contributed by atoms with Gasteiger partial charge in [-0.15, -0.1) is 0 Å². The number of rotatable bonds is 4. The molecule has 6 nitrogen and oxygen atoms in total. The fourth-order valence-corrected chi connectivity index (χ4v) is 5.02. The molecular weight excluding hydrogens is 388 g/mol. The van der Waals surface area contributed by atoms with Crippen LogP contribution in [0.25, 0.3) is 22.4 Å². The van der Waals surface area contributed by atoms with Crippen LogP contribution in [0, 0.1) is 6.92 Å². The van der Waals surface area contributed by atoms with Gasteiger partial charge >= 0.3 is 0 Å². The summed E-state index contributed by atoms with van der Waals surface area (Å²) in [6, 6.07) is 11.7. The molecule has 3 aromatic rings. The van der Waals surface area contributed by atoms with Crippen LogP contribution in [-0.2, 0) is 0 Å². The lowest BCUT2D eigenvalue weighted by Gasteiger charge is -2.46. The Labute approximate surface area is 183 Å². The average molecular weight is 421 g/mol. The van der Waals surface area contributed by atoms with Gasteiger partial charge in [-0.05, 0) is 77.3 Å². The van der Waals surface area contributed by atoms with Gasteiger partial charge in [0.15, 0.2) is 0 Å². The average Bonchev–Trinajstić information content (AvgIpc) is 3.10. The van der Waals surface area contributed by atoms with Crippen molar-refractivity contribution in [3.63, 3.8) is 0 Å². The zero-order valence-electron chi connectivity index (χ0n) is 19.2. The second-order valence-corrected chi connectivity index (χ2v) is 9.94. The van der Waals surface area contributed by atoms with E-state index in [2.05, 4.69) is 43.3 Å². The highest BCUT2D eigenvalue weighted by molar-refractivity contribution is 5.96. The summed E-state index contributed by atoms with van der Waals surface area (Å²) in [6.45, 7) is 10.8. The van der Waals surface area contributed by atoms with Crippen LogP contribution in [0.4, 0.5) is 0 Å². The van der Waals surface area contributed by atoms with Crippen LogP contribution in [0.2, 0.25) is 0 Å². The number of H-pyrrole nitrogens is 1. The molecule has 3 N–H and O–H groups in total. The van der Waals surface area contributed by atoms with E-state index in [4.69, 9.17) is 9.72 Å². The highest BCUT2D eigenvalue weighted by Gasteiger charge is 2.38. The molecule has 1 aromatic heterocycles. The number of carbonyl (C=O) groups is 1. The maximum atomic E-state index is 13.0. The van der Waals surface area contributed by atoms with E-state index in [1.807, 2.05) is 37.3 Å². The van der Waals surface area contributed by atoms with E-state index in [-0.39, 0.29) is 23.0 Å². The molecule has 0 atom stereocenters. The van der Waals surface area contributed by atoms with Gasteiger partial charge in [-0.3, -0.25) is 4.79 Å². The van der Waals surface area contributed by atoms with Crippen LogP contribution in [-0.4, -0.2) is 40.1 Å². The van der Waals surface area contributed by atoms with Crippen LogP contribution in [0.3, 0.4) is 0 Å².